The number of nitrogens with one attached hydrogen (secondary N) is 1. The fourth-order valence-electron chi connectivity index (χ4n) is 3.60. The second-order valence-electron chi connectivity index (χ2n) is 9.42. The summed E-state index contributed by atoms with van der Waals surface area (Å²) in [6.45, 7) is 9.13. The smallest absolute Gasteiger partial charge is 0.244 e. The summed E-state index contributed by atoms with van der Waals surface area (Å²) < 4.78 is 26.2. The molecule has 0 saturated heterocycles. The summed E-state index contributed by atoms with van der Waals surface area (Å²) in [6, 6.07) is 13.1. The second kappa shape index (κ2) is 11.2. The lowest BCUT2D eigenvalue weighted by molar-refractivity contribution is -0.141. The van der Waals surface area contributed by atoms with E-state index in [0.29, 0.717) is 17.1 Å². The van der Waals surface area contributed by atoms with Gasteiger partial charge < -0.3 is 10.2 Å². The third kappa shape index (κ3) is 8.02. The van der Waals surface area contributed by atoms with E-state index in [4.69, 9.17) is 11.6 Å². The third-order valence-electron chi connectivity index (χ3n) is 5.11. The zero-order valence-electron chi connectivity index (χ0n) is 20.6. The van der Waals surface area contributed by atoms with Crippen LogP contribution in [0.1, 0.15) is 45.2 Å². The minimum absolute atomic E-state index is 0.175. The van der Waals surface area contributed by atoms with E-state index < -0.39 is 34.1 Å². The Morgan fingerprint density at radius 3 is 2.21 bits per heavy atom. The maximum absolute atomic E-state index is 13.6. The second-order valence-corrected chi connectivity index (χ2v) is 11.8. The van der Waals surface area contributed by atoms with Crippen LogP contribution in [0.15, 0.2) is 48.5 Å². The Hall–Kier alpha value is -2.58. The van der Waals surface area contributed by atoms with Crippen molar-refractivity contribution >= 4 is 39.1 Å². The molecule has 9 heteroatoms. The van der Waals surface area contributed by atoms with Crippen molar-refractivity contribution in [3.05, 3.63) is 64.7 Å². The number of hydrogen-bond acceptors (Lipinski definition) is 4. The summed E-state index contributed by atoms with van der Waals surface area (Å²) in [5.74, 6) is -0.758. The highest BCUT2D eigenvalue weighted by molar-refractivity contribution is 7.92. The molecular formula is C25H34ClN3O4S. The van der Waals surface area contributed by atoms with Gasteiger partial charge in [-0.1, -0.05) is 48.4 Å². The summed E-state index contributed by atoms with van der Waals surface area (Å²) >= 11 is 5.95. The highest BCUT2D eigenvalue weighted by atomic mass is 35.5. The lowest BCUT2D eigenvalue weighted by atomic mass is 10.0. The van der Waals surface area contributed by atoms with Crippen molar-refractivity contribution in [3.63, 3.8) is 0 Å². The summed E-state index contributed by atoms with van der Waals surface area (Å²) in [4.78, 5) is 28.2. The summed E-state index contributed by atoms with van der Waals surface area (Å²) in [7, 11) is -3.78. The summed E-state index contributed by atoms with van der Waals surface area (Å²) in [5.41, 5.74) is 1.72. The molecule has 2 amide bonds. The Labute approximate surface area is 208 Å². The van der Waals surface area contributed by atoms with E-state index >= 15 is 0 Å². The van der Waals surface area contributed by atoms with Gasteiger partial charge in [0.2, 0.25) is 21.8 Å². The first-order valence-electron chi connectivity index (χ1n) is 11.1. The molecule has 2 aromatic carbocycles. The number of carbonyl (C=O) groups is 2. The van der Waals surface area contributed by atoms with E-state index in [2.05, 4.69) is 5.32 Å². The van der Waals surface area contributed by atoms with Crippen LogP contribution in [-0.2, 0) is 26.2 Å². The Balaban J connectivity index is 2.45. The molecule has 0 aromatic heterocycles. The van der Waals surface area contributed by atoms with E-state index in [1.54, 1.807) is 24.3 Å². The molecule has 0 aliphatic rings. The van der Waals surface area contributed by atoms with Crippen LogP contribution in [0.4, 0.5) is 5.69 Å². The summed E-state index contributed by atoms with van der Waals surface area (Å²) in [5, 5.41) is 3.40. The number of halogens is 1. The van der Waals surface area contributed by atoms with Gasteiger partial charge in [0.15, 0.2) is 0 Å². The molecule has 7 nitrogen and oxygen atoms in total. The number of aryl methyl sites for hydroxylation is 1. The molecule has 1 atom stereocenters. The molecule has 1 N–H and O–H groups in total. The number of sulfonamides is 1. The van der Waals surface area contributed by atoms with Gasteiger partial charge in [0.05, 0.1) is 11.9 Å². The van der Waals surface area contributed by atoms with Gasteiger partial charge in [-0.25, -0.2) is 8.42 Å². The number of nitrogens with zero attached hydrogens (tertiary/aromatic N) is 2. The number of benzene rings is 2. The van der Waals surface area contributed by atoms with Gasteiger partial charge in [0, 0.05) is 17.1 Å². The molecular weight excluding hydrogens is 474 g/mol. The molecule has 0 spiro atoms. The highest BCUT2D eigenvalue weighted by Gasteiger charge is 2.33. The molecule has 0 heterocycles. The van der Waals surface area contributed by atoms with E-state index in [-0.39, 0.29) is 12.5 Å². The quantitative estimate of drug-likeness (QED) is 0.552. The molecule has 0 radical (unpaired) electrons. The fraction of sp³-hybridized carbons (Fsp3) is 0.440. The Kier molecular flexibility index (Phi) is 9.14. The lowest BCUT2D eigenvalue weighted by Crippen LogP contribution is -2.55. The lowest BCUT2D eigenvalue weighted by Gasteiger charge is -2.34. The zero-order chi connectivity index (χ0) is 25.7. The minimum atomic E-state index is -3.78. The number of anilines is 1. The first kappa shape index (κ1) is 27.7. The van der Waals surface area contributed by atoms with Gasteiger partial charge in [-0.3, -0.25) is 13.9 Å². The predicted molar refractivity (Wildman–Crippen MR) is 137 cm³/mol. The molecule has 0 fully saturated rings. The number of amides is 2. The Morgan fingerprint density at radius 2 is 1.71 bits per heavy atom. The van der Waals surface area contributed by atoms with Crippen LogP contribution in [-0.4, -0.2) is 49.5 Å². The monoisotopic (exact) mass is 507 g/mol. The SMILES string of the molecule is CC[C@@H](C(=O)NC(C)(C)C)N(Cc1cccc(C)c1)C(=O)CN(c1ccc(Cl)cc1)S(C)(=O)=O. The standard InChI is InChI=1S/C25H34ClN3O4S/c1-7-22(24(31)27-25(3,4)5)28(16-19-10-8-9-18(2)15-19)23(30)17-29(34(6,32)33)21-13-11-20(26)12-14-21/h8-15,22H,7,16-17H2,1-6H3,(H,27,31)/t22-/m0/s1. The van der Waals surface area contributed by atoms with Gasteiger partial charge >= 0.3 is 0 Å². The van der Waals surface area contributed by atoms with Crippen LogP contribution in [0.25, 0.3) is 0 Å². The van der Waals surface area contributed by atoms with E-state index in [1.165, 1.54) is 4.90 Å². The van der Waals surface area contributed by atoms with Crippen LogP contribution in [0, 0.1) is 6.92 Å². The van der Waals surface area contributed by atoms with E-state index in [1.807, 2.05) is 58.9 Å². The van der Waals surface area contributed by atoms with Crippen LogP contribution >= 0.6 is 11.6 Å². The average molecular weight is 508 g/mol. The minimum Gasteiger partial charge on any atom is -0.350 e. The predicted octanol–water partition coefficient (Wildman–Crippen LogP) is 4.14. The third-order valence-corrected chi connectivity index (χ3v) is 6.51. The van der Waals surface area contributed by atoms with Crippen LogP contribution in [0.2, 0.25) is 5.02 Å². The molecule has 0 aliphatic carbocycles. The number of carbonyl (C=O) groups excluding carboxylic acids is 2. The normalized spacial score (nSPS) is 12.7. The van der Waals surface area contributed by atoms with Gasteiger partial charge in [0.1, 0.15) is 12.6 Å². The largest absolute Gasteiger partial charge is 0.350 e. The van der Waals surface area contributed by atoms with Crippen molar-refractivity contribution in [2.75, 3.05) is 17.1 Å². The zero-order valence-corrected chi connectivity index (χ0v) is 22.2. The molecule has 34 heavy (non-hydrogen) atoms. The molecule has 186 valence electrons. The summed E-state index contributed by atoms with van der Waals surface area (Å²) in [6.07, 6.45) is 1.42. The van der Waals surface area contributed by atoms with Crippen molar-refractivity contribution in [1.29, 1.82) is 0 Å². The average Bonchev–Trinajstić information content (AvgIpc) is 2.70. The van der Waals surface area contributed by atoms with E-state index in [0.717, 1.165) is 21.7 Å². The molecule has 0 unspecified atom stereocenters. The van der Waals surface area contributed by atoms with Gasteiger partial charge in [0.25, 0.3) is 0 Å². The van der Waals surface area contributed by atoms with Crippen LogP contribution < -0.4 is 9.62 Å². The maximum Gasteiger partial charge on any atom is 0.244 e. The number of rotatable bonds is 9. The first-order valence-corrected chi connectivity index (χ1v) is 13.3. The van der Waals surface area contributed by atoms with Crippen molar-refractivity contribution < 1.29 is 18.0 Å². The van der Waals surface area contributed by atoms with Crippen molar-refractivity contribution in [1.82, 2.24) is 10.2 Å². The Morgan fingerprint density at radius 1 is 1.09 bits per heavy atom. The van der Waals surface area contributed by atoms with Gasteiger partial charge in [-0.05, 0) is 63.9 Å². The van der Waals surface area contributed by atoms with Crippen molar-refractivity contribution in [3.8, 4) is 0 Å². The van der Waals surface area contributed by atoms with E-state index in [9.17, 15) is 18.0 Å². The number of hydrogen-bond donors (Lipinski definition) is 1. The maximum atomic E-state index is 13.6. The highest BCUT2D eigenvalue weighted by Crippen LogP contribution is 2.22. The molecule has 2 rings (SSSR count). The topological polar surface area (TPSA) is 86.8 Å². The molecule has 0 bridgehead atoms. The molecule has 0 aliphatic heterocycles. The first-order chi connectivity index (χ1) is 15.7. The van der Waals surface area contributed by atoms with Gasteiger partial charge in [-0.2, -0.15) is 0 Å². The van der Waals surface area contributed by atoms with Crippen molar-refractivity contribution in [2.45, 2.75) is 59.2 Å². The van der Waals surface area contributed by atoms with Crippen LogP contribution in [0.3, 0.4) is 0 Å². The Bertz CT molecular complexity index is 1110. The van der Waals surface area contributed by atoms with Gasteiger partial charge in [-0.15, -0.1) is 0 Å². The molecule has 2 aromatic rings. The molecule has 0 saturated carbocycles. The fourth-order valence-corrected chi connectivity index (χ4v) is 4.58. The van der Waals surface area contributed by atoms with Crippen molar-refractivity contribution in [2.24, 2.45) is 0 Å². The van der Waals surface area contributed by atoms with Crippen LogP contribution in [0.5, 0.6) is 0 Å².